The minimum absolute atomic E-state index is 0. The van der Waals surface area contributed by atoms with Crippen molar-refractivity contribution >= 4 is 28.3 Å². The standard InChI is InChI=1S/C26H29N3O2.C5H5.Fe/c1-4-28(5-2)25(30)19-13-21-20-11-8-12-22-24(20)18(14-23(21)27(3)15-19)16-29(22)26(31)17-9-6-7-10-17;1-2-4-5-3-1;/h6-13,16,19,23,31H,4-5,14-15H2,1-3H3;1-5H;/q;-1;/t19-,23-;;/m1../s1. The van der Waals surface area contributed by atoms with E-state index in [1.54, 1.807) is 0 Å². The van der Waals surface area contributed by atoms with Gasteiger partial charge in [0.15, 0.2) is 0 Å². The first kappa shape index (κ1) is 26.9. The van der Waals surface area contributed by atoms with Crippen LogP contribution < -0.4 is 0 Å². The summed E-state index contributed by atoms with van der Waals surface area (Å²) in [6.45, 7) is 6.29. The van der Waals surface area contributed by atoms with E-state index in [0.717, 1.165) is 37.1 Å². The van der Waals surface area contributed by atoms with Gasteiger partial charge in [-0.05, 0) is 62.2 Å². The maximum atomic E-state index is 13.1. The number of carbonyl (C=O) groups is 1. The van der Waals surface area contributed by atoms with Gasteiger partial charge in [0.25, 0.3) is 0 Å². The molecule has 3 aliphatic rings. The Balaban J connectivity index is 0.000000479. The Kier molecular flexibility index (Phi) is 8.33. The number of aliphatic hydroxyl groups excluding tert-OH is 1. The van der Waals surface area contributed by atoms with Crippen molar-refractivity contribution in [2.24, 2.45) is 5.92 Å². The zero-order chi connectivity index (χ0) is 25.2. The van der Waals surface area contributed by atoms with E-state index in [1.807, 2.05) is 78.0 Å². The van der Waals surface area contributed by atoms with Gasteiger partial charge in [-0.25, -0.2) is 12.1 Å². The van der Waals surface area contributed by atoms with Crippen molar-refractivity contribution in [2.75, 3.05) is 26.7 Å². The number of allylic oxidation sites excluding steroid dienone is 5. The number of hydrogen-bond donors (Lipinski definition) is 1. The van der Waals surface area contributed by atoms with Gasteiger partial charge in [0.1, 0.15) is 0 Å². The summed E-state index contributed by atoms with van der Waals surface area (Å²) in [5, 5.41) is 12.1. The van der Waals surface area contributed by atoms with Crippen molar-refractivity contribution in [3.05, 3.63) is 102 Å². The second kappa shape index (κ2) is 11.5. The van der Waals surface area contributed by atoms with Crippen molar-refractivity contribution < 1.29 is 27.0 Å². The molecule has 0 unspecified atom stereocenters. The molecule has 6 rings (SSSR count). The van der Waals surface area contributed by atoms with Crippen molar-refractivity contribution in [3.8, 4) is 0 Å². The van der Waals surface area contributed by atoms with Crippen LogP contribution in [-0.4, -0.2) is 58.1 Å². The van der Waals surface area contributed by atoms with Crippen molar-refractivity contribution in [1.29, 1.82) is 0 Å². The molecule has 194 valence electrons. The molecule has 0 fully saturated rings. The molecule has 6 heteroatoms. The normalized spacial score (nSPS) is 19.5. The molecular weight excluding hydrogens is 502 g/mol. The molecule has 5 nitrogen and oxygen atoms in total. The monoisotopic (exact) mass is 536 g/mol. The number of hydrogen-bond acceptors (Lipinski definition) is 3. The van der Waals surface area contributed by atoms with Gasteiger partial charge in [0.2, 0.25) is 11.8 Å². The molecule has 37 heavy (non-hydrogen) atoms. The van der Waals surface area contributed by atoms with Crippen LogP contribution in [0.15, 0.2) is 90.7 Å². The predicted molar refractivity (Wildman–Crippen MR) is 148 cm³/mol. The first-order valence-corrected chi connectivity index (χ1v) is 12.8. The summed E-state index contributed by atoms with van der Waals surface area (Å²) in [7, 11) is 2.12. The minimum Gasteiger partial charge on any atom is -0.494 e. The third-order valence-corrected chi connectivity index (χ3v) is 7.49. The smallest absolute Gasteiger partial charge is 0.230 e. The van der Waals surface area contributed by atoms with Gasteiger partial charge in [-0.3, -0.25) is 14.3 Å². The van der Waals surface area contributed by atoms with Crippen LogP contribution in [0.3, 0.4) is 0 Å². The molecule has 0 bridgehead atoms. The Bertz CT molecular complexity index is 1340. The summed E-state index contributed by atoms with van der Waals surface area (Å²) in [4.78, 5) is 17.4. The molecular formula is C31H34FeN3O2-. The second-order valence-electron chi connectivity index (χ2n) is 9.58. The molecule has 1 aromatic heterocycles. The first-order chi connectivity index (χ1) is 17.5. The number of aromatic nitrogens is 1. The maximum Gasteiger partial charge on any atom is 0.230 e. The molecule has 3 aromatic rings. The molecule has 1 N–H and O–H groups in total. The van der Waals surface area contributed by atoms with Gasteiger partial charge in [-0.1, -0.05) is 30.4 Å². The van der Waals surface area contributed by atoms with E-state index in [-0.39, 0.29) is 40.8 Å². The fraction of sp³-hybridized carbons (Fsp3) is 0.290. The molecule has 2 aliphatic carbocycles. The van der Waals surface area contributed by atoms with E-state index in [0.29, 0.717) is 0 Å². The number of amides is 1. The van der Waals surface area contributed by atoms with Gasteiger partial charge >= 0.3 is 0 Å². The Morgan fingerprint density at radius 2 is 1.81 bits per heavy atom. The van der Waals surface area contributed by atoms with Gasteiger partial charge < -0.3 is 10.0 Å². The number of aliphatic hydroxyl groups is 1. The summed E-state index contributed by atoms with van der Waals surface area (Å²) in [5.41, 5.74) is 5.48. The average molecular weight is 536 g/mol. The number of fused-ring (bicyclic) bond motifs is 2. The van der Waals surface area contributed by atoms with Gasteiger partial charge in [0, 0.05) is 59.9 Å². The Morgan fingerprint density at radius 3 is 2.43 bits per heavy atom. The van der Waals surface area contributed by atoms with Crippen molar-refractivity contribution in [2.45, 2.75) is 26.3 Å². The van der Waals surface area contributed by atoms with Crippen LogP contribution in [0.25, 0.3) is 22.4 Å². The summed E-state index contributed by atoms with van der Waals surface area (Å²) in [6, 6.07) is 16.5. The molecule has 0 saturated carbocycles. The SMILES string of the molecule is CCN(CC)C(=O)[C@@H]1C=C2c3cccc4c3c(cn4C(O)=C3C=CC=C3)C[C@H]2N(C)C1.[Fe].c1cc[cH-]c1. The minimum atomic E-state index is -0.126. The van der Waals surface area contributed by atoms with E-state index >= 15 is 0 Å². The third kappa shape index (κ3) is 5.02. The van der Waals surface area contributed by atoms with Crippen LogP contribution in [0, 0.1) is 5.92 Å². The molecule has 2 aromatic carbocycles. The predicted octanol–water partition coefficient (Wildman–Crippen LogP) is 5.64. The van der Waals surface area contributed by atoms with Gasteiger partial charge in [0.05, 0.1) is 11.4 Å². The molecule has 0 radical (unpaired) electrons. The number of likely N-dealkylation sites (N-methyl/N-ethyl adjacent to an activating group) is 1. The van der Waals surface area contributed by atoms with E-state index < -0.39 is 0 Å². The summed E-state index contributed by atoms with van der Waals surface area (Å²) < 4.78 is 1.90. The molecule has 2 atom stereocenters. The van der Waals surface area contributed by atoms with E-state index in [1.165, 1.54) is 22.1 Å². The largest absolute Gasteiger partial charge is 0.494 e. The fourth-order valence-electron chi connectivity index (χ4n) is 5.64. The molecule has 1 amide bonds. The number of rotatable bonds is 4. The number of carbonyl (C=O) groups excluding carboxylic acids is 1. The van der Waals surface area contributed by atoms with Crippen LogP contribution in [0.2, 0.25) is 0 Å². The second-order valence-corrected chi connectivity index (χ2v) is 9.58. The Labute approximate surface area is 229 Å². The van der Waals surface area contributed by atoms with Gasteiger partial charge in [-0.2, -0.15) is 18.2 Å². The fourth-order valence-corrected chi connectivity index (χ4v) is 5.64. The van der Waals surface area contributed by atoms with Crippen LogP contribution in [0.4, 0.5) is 0 Å². The van der Waals surface area contributed by atoms with Crippen LogP contribution in [-0.2, 0) is 28.3 Å². The topological polar surface area (TPSA) is 48.7 Å². The first-order valence-electron chi connectivity index (χ1n) is 12.8. The summed E-state index contributed by atoms with van der Waals surface area (Å²) in [6.07, 6.45) is 12.9. The van der Waals surface area contributed by atoms with Crippen LogP contribution >= 0.6 is 0 Å². The maximum absolute atomic E-state index is 13.1. The Morgan fingerprint density at radius 1 is 1.11 bits per heavy atom. The van der Waals surface area contributed by atoms with Crippen molar-refractivity contribution in [1.82, 2.24) is 14.4 Å². The summed E-state index contributed by atoms with van der Waals surface area (Å²) >= 11 is 0. The van der Waals surface area contributed by atoms with E-state index in [2.05, 4.69) is 42.4 Å². The molecule has 2 heterocycles. The van der Waals surface area contributed by atoms with Gasteiger partial charge in [-0.15, -0.1) is 0 Å². The number of benzene rings is 1. The summed E-state index contributed by atoms with van der Waals surface area (Å²) in [5.74, 6) is 0.333. The average Bonchev–Trinajstić information content (AvgIpc) is 3.69. The quantitative estimate of drug-likeness (QED) is 0.267. The molecule has 0 saturated heterocycles. The van der Waals surface area contributed by atoms with Crippen LogP contribution in [0.1, 0.15) is 25.0 Å². The third-order valence-electron chi connectivity index (χ3n) is 7.49. The number of nitrogens with zero attached hydrogens (tertiary/aromatic N) is 3. The zero-order valence-electron chi connectivity index (χ0n) is 21.6. The molecule has 1 aliphatic heterocycles. The molecule has 0 spiro atoms. The Hall–Kier alpha value is -3.18. The zero-order valence-corrected chi connectivity index (χ0v) is 22.7. The van der Waals surface area contributed by atoms with Crippen molar-refractivity contribution in [3.63, 3.8) is 0 Å². The van der Waals surface area contributed by atoms with E-state index in [9.17, 15) is 9.90 Å². The van der Waals surface area contributed by atoms with E-state index in [4.69, 9.17) is 0 Å². The van der Waals surface area contributed by atoms with Crippen LogP contribution in [0.5, 0.6) is 0 Å².